The summed E-state index contributed by atoms with van der Waals surface area (Å²) in [5.41, 5.74) is 2.17. The van der Waals surface area contributed by atoms with E-state index >= 15 is 0 Å². The standard InChI is InChI=1S/C18H15N5O2/c1-12-8-14(25-18-13(9-19)4-3-7-20-18)5-6-15(12)22-17(24)16-10-23(2)11-21-16/h3-8,10-11H,1-2H3,(H,22,24). The monoisotopic (exact) mass is 333 g/mol. The summed E-state index contributed by atoms with van der Waals surface area (Å²) in [6.07, 6.45) is 4.77. The lowest BCUT2D eigenvalue weighted by Crippen LogP contribution is -2.13. The van der Waals surface area contributed by atoms with Crippen molar-refractivity contribution in [2.45, 2.75) is 6.92 Å². The summed E-state index contributed by atoms with van der Waals surface area (Å²) in [7, 11) is 1.80. The number of aryl methyl sites for hydroxylation is 2. The fourth-order valence-corrected chi connectivity index (χ4v) is 2.23. The highest BCUT2D eigenvalue weighted by molar-refractivity contribution is 6.03. The number of anilines is 1. The molecule has 0 saturated heterocycles. The summed E-state index contributed by atoms with van der Waals surface area (Å²) >= 11 is 0. The van der Waals surface area contributed by atoms with Gasteiger partial charge in [0.25, 0.3) is 5.91 Å². The number of nitrogens with one attached hydrogen (secondary N) is 1. The van der Waals surface area contributed by atoms with Gasteiger partial charge in [-0.15, -0.1) is 0 Å². The minimum absolute atomic E-state index is 0.245. The van der Waals surface area contributed by atoms with E-state index in [1.54, 1.807) is 60.7 Å². The van der Waals surface area contributed by atoms with E-state index in [0.717, 1.165) is 5.56 Å². The topological polar surface area (TPSA) is 92.8 Å². The molecule has 25 heavy (non-hydrogen) atoms. The van der Waals surface area contributed by atoms with Gasteiger partial charge in [0.2, 0.25) is 5.88 Å². The van der Waals surface area contributed by atoms with Gasteiger partial charge in [-0.25, -0.2) is 9.97 Å². The highest BCUT2D eigenvalue weighted by atomic mass is 16.5. The van der Waals surface area contributed by atoms with E-state index in [2.05, 4.69) is 15.3 Å². The lowest BCUT2D eigenvalue weighted by atomic mass is 10.2. The molecule has 1 aromatic carbocycles. The summed E-state index contributed by atoms with van der Waals surface area (Å²) < 4.78 is 7.37. The number of carbonyl (C=O) groups is 1. The number of imidazole rings is 1. The Morgan fingerprint density at radius 3 is 2.84 bits per heavy atom. The number of carbonyl (C=O) groups excluding carboxylic acids is 1. The van der Waals surface area contributed by atoms with Crippen LogP contribution in [0.25, 0.3) is 0 Å². The van der Waals surface area contributed by atoms with Crippen molar-refractivity contribution in [1.82, 2.24) is 14.5 Å². The minimum atomic E-state index is -0.283. The zero-order chi connectivity index (χ0) is 17.8. The molecule has 7 nitrogen and oxygen atoms in total. The summed E-state index contributed by atoms with van der Waals surface area (Å²) in [6, 6.07) is 10.6. The molecule has 0 bridgehead atoms. The molecular weight excluding hydrogens is 318 g/mol. The second-order valence-electron chi connectivity index (χ2n) is 5.43. The predicted molar refractivity (Wildman–Crippen MR) is 91.4 cm³/mol. The van der Waals surface area contributed by atoms with Gasteiger partial charge in [-0.05, 0) is 42.8 Å². The maximum absolute atomic E-state index is 12.2. The highest BCUT2D eigenvalue weighted by Crippen LogP contribution is 2.26. The van der Waals surface area contributed by atoms with Crippen LogP contribution in [-0.2, 0) is 7.05 Å². The molecular formula is C18H15N5O2. The molecule has 124 valence electrons. The van der Waals surface area contributed by atoms with Crippen LogP contribution in [0.5, 0.6) is 11.6 Å². The number of rotatable bonds is 4. The molecule has 0 aliphatic rings. The second kappa shape index (κ2) is 6.84. The number of nitrogens with zero attached hydrogens (tertiary/aromatic N) is 4. The van der Waals surface area contributed by atoms with Gasteiger partial charge in [0, 0.05) is 25.1 Å². The third-order valence-corrected chi connectivity index (χ3v) is 3.49. The maximum atomic E-state index is 12.2. The molecule has 2 heterocycles. The van der Waals surface area contributed by atoms with E-state index in [9.17, 15) is 4.79 Å². The van der Waals surface area contributed by atoms with Crippen molar-refractivity contribution in [3.8, 4) is 17.7 Å². The smallest absolute Gasteiger partial charge is 0.275 e. The largest absolute Gasteiger partial charge is 0.438 e. The Bertz CT molecular complexity index is 972. The average molecular weight is 333 g/mol. The molecule has 7 heteroatoms. The van der Waals surface area contributed by atoms with Crippen LogP contribution >= 0.6 is 0 Å². The summed E-state index contributed by atoms with van der Waals surface area (Å²) in [6.45, 7) is 1.85. The molecule has 1 amide bonds. The molecule has 3 rings (SSSR count). The van der Waals surface area contributed by atoms with Crippen LogP contribution in [0.2, 0.25) is 0 Å². The molecule has 0 spiro atoms. The Morgan fingerprint density at radius 2 is 2.16 bits per heavy atom. The number of aromatic nitrogens is 3. The van der Waals surface area contributed by atoms with Crippen molar-refractivity contribution in [2.75, 3.05) is 5.32 Å². The van der Waals surface area contributed by atoms with Crippen LogP contribution < -0.4 is 10.1 Å². The van der Waals surface area contributed by atoms with Gasteiger partial charge in [0.15, 0.2) is 0 Å². The average Bonchev–Trinajstić information content (AvgIpc) is 3.04. The first-order valence-electron chi connectivity index (χ1n) is 7.50. The fraction of sp³-hybridized carbons (Fsp3) is 0.111. The van der Waals surface area contributed by atoms with E-state index in [1.807, 2.05) is 13.0 Å². The van der Waals surface area contributed by atoms with Crippen molar-refractivity contribution < 1.29 is 9.53 Å². The van der Waals surface area contributed by atoms with E-state index in [4.69, 9.17) is 10.00 Å². The first kappa shape index (κ1) is 16.2. The Balaban J connectivity index is 1.77. The predicted octanol–water partition coefficient (Wildman–Crippen LogP) is 3.04. The van der Waals surface area contributed by atoms with E-state index in [-0.39, 0.29) is 11.8 Å². The van der Waals surface area contributed by atoms with E-state index in [0.29, 0.717) is 22.7 Å². The molecule has 0 aliphatic carbocycles. The number of ether oxygens (including phenoxy) is 1. The maximum Gasteiger partial charge on any atom is 0.275 e. The van der Waals surface area contributed by atoms with Crippen LogP contribution in [-0.4, -0.2) is 20.4 Å². The SMILES string of the molecule is Cc1cc(Oc2ncccc2C#N)ccc1NC(=O)c1cn(C)cn1. The van der Waals surface area contributed by atoms with Gasteiger partial charge in [-0.1, -0.05) is 0 Å². The summed E-state index contributed by atoms with van der Waals surface area (Å²) in [5, 5.41) is 11.9. The van der Waals surface area contributed by atoms with Crippen molar-refractivity contribution in [2.24, 2.45) is 7.05 Å². The summed E-state index contributed by atoms with van der Waals surface area (Å²) in [4.78, 5) is 20.3. The molecule has 0 fully saturated rings. The van der Waals surface area contributed by atoms with Gasteiger partial charge >= 0.3 is 0 Å². The van der Waals surface area contributed by atoms with Gasteiger partial charge in [-0.2, -0.15) is 5.26 Å². The molecule has 0 radical (unpaired) electrons. The Kier molecular flexibility index (Phi) is 4.44. The van der Waals surface area contributed by atoms with Crippen molar-refractivity contribution >= 4 is 11.6 Å². The number of hydrogen-bond acceptors (Lipinski definition) is 5. The third kappa shape index (κ3) is 3.64. The van der Waals surface area contributed by atoms with Crippen LogP contribution in [0, 0.1) is 18.3 Å². The minimum Gasteiger partial charge on any atom is -0.438 e. The molecule has 2 aromatic heterocycles. The lowest BCUT2D eigenvalue weighted by Gasteiger charge is -2.10. The molecule has 0 aliphatic heterocycles. The Labute approximate surface area is 144 Å². The summed E-state index contributed by atoms with van der Waals surface area (Å²) in [5.74, 6) is 0.493. The van der Waals surface area contributed by atoms with Crippen LogP contribution in [0.15, 0.2) is 49.1 Å². The normalized spacial score (nSPS) is 10.1. The van der Waals surface area contributed by atoms with E-state index in [1.165, 1.54) is 0 Å². The first-order chi connectivity index (χ1) is 12.1. The van der Waals surface area contributed by atoms with Gasteiger partial charge in [0.1, 0.15) is 23.1 Å². The zero-order valence-electron chi connectivity index (χ0n) is 13.7. The van der Waals surface area contributed by atoms with Gasteiger partial charge < -0.3 is 14.6 Å². The zero-order valence-corrected chi connectivity index (χ0v) is 13.7. The third-order valence-electron chi connectivity index (χ3n) is 3.49. The Hall–Kier alpha value is -3.66. The number of nitriles is 1. The molecule has 0 atom stereocenters. The number of amides is 1. The number of benzene rings is 1. The number of pyridine rings is 1. The van der Waals surface area contributed by atoms with Crippen LogP contribution in [0.4, 0.5) is 5.69 Å². The van der Waals surface area contributed by atoms with Gasteiger partial charge in [-0.3, -0.25) is 4.79 Å². The molecule has 0 unspecified atom stereocenters. The highest BCUT2D eigenvalue weighted by Gasteiger charge is 2.12. The fourth-order valence-electron chi connectivity index (χ4n) is 2.23. The lowest BCUT2D eigenvalue weighted by molar-refractivity contribution is 0.102. The van der Waals surface area contributed by atoms with Crippen LogP contribution in [0.3, 0.4) is 0 Å². The van der Waals surface area contributed by atoms with Crippen molar-refractivity contribution in [1.29, 1.82) is 5.26 Å². The Morgan fingerprint density at radius 1 is 1.32 bits per heavy atom. The van der Waals surface area contributed by atoms with Gasteiger partial charge in [0.05, 0.1) is 6.33 Å². The second-order valence-corrected chi connectivity index (χ2v) is 5.43. The van der Waals surface area contributed by atoms with Crippen molar-refractivity contribution in [3.63, 3.8) is 0 Å². The molecule has 1 N–H and O–H groups in total. The van der Waals surface area contributed by atoms with Crippen LogP contribution in [0.1, 0.15) is 21.6 Å². The first-order valence-corrected chi connectivity index (χ1v) is 7.50. The van der Waals surface area contributed by atoms with Crippen molar-refractivity contribution in [3.05, 3.63) is 65.9 Å². The molecule has 0 saturated carbocycles. The quantitative estimate of drug-likeness (QED) is 0.792. The molecule has 3 aromatic rings. The van der Waals surface area contributed by atoms with E-state index < -0.39 is 0 Å². The number of hydrogen-bond donors (Lipinski definition) is 1.